The van der Waals surface area contributed by atoms with Crippen LogP contribution in [0.15, 0.2) is 24.3 Å². The highest BCUT2D eigenvalue weighted by molar-refractivity contribution is 14.1. The number of nitrogens with one attached hydrogen (secondary N) is 3. The van der Waals surface area contributed by atoms with Gasteiger partial charge in [0, 0.05) is 27.8 Å². The van der Waals surface area contributed by atoms with Crippen molar-refractivity contribution in [1.82, 2.24) is 10.6 Å². The fourth-order valence-electron chi connectivity index (χ4n) is 5.63. The zero-order valence-corrected chi connectivity index (χ0v) is 17.1. The van der Waals surface area contributed by atoms with Crippen LogP contribution in [-0.4, -0.2) is 24.0 Å². The highest BCUT2D eigenvalue weighted by atomic mass is 127. The molecule has 5 nitrogen and oxygen atoms in total. The minimum atomic E-state index is -0.117. The fraction of sp³-hybridized carbons (Fsp3) is 0.600. The van der Waals surface area contributed by atoms with Crippen molar-refractivity contribution in [2.75, 3.05) is 11.9 Å². The van der Waals surface area contributed by atoms with Gasteiger partial charge in [0.15, 0.2) is 0 Å². The second-order valence-corrected chi connectivity index (χ2v) is 9.63. The van der Waals surface area contributed by atoms with Gasteiger partial charge in [0.05, 0.1) is 0 Å². The lowest BCUT2D eigenvalue weighted by Gasteiger charge is -2.56. The third kappa shape index (κ3) is 4.15. The third-order valence-corrected chi connectivity index (χ3v) is 6.83. The molecule has 0 unspecified atom stereocenters. The summed E-state index contributed by atoms with van der Waals surface area (Å²) in [5.74, 6) is 2.34. The molecular formula is C20H26IN3O2. The molecule has 3 N–H and O–H groups in total. The molecule has 0 saturated heterocycles. The molecule has 1 aromatic rings. The summed E-state index contributed by atoms with van der Waals surface area (Å²) in [6, 6.07) is 7.56. The second-order valence-electron chi connectivity index (χ2n) is 8.39. The van der Waals surface area contributed by atoms with Crippen LogP contribution in [0.1, 0.15) is 44.9 Å². The monoisotopic (exact) mass is 467 g/mol. The first kappa shape index (κ1) is 18.1. The van der Waals surface area contributed by atoms with Crippen LogP contribution in [0.2, 0.25) is 0 Å². The molecule has 0 heterocycles. The Morgan fingerprint density at radius 2 is 1.73 bits per heavy atom. The maximum absolute atomic E-state index is 12.4. The standard InChI is InChI=1S/C20H26IN3O2/c21-16-2-1-3-17(9-16)23-18(25)4-5-22-19(26)24-20-10-13-6-14(11-20)8-15(7-13)12-20/h1-3,9,13-15H,4-8,10-12H2,(H,23,25)(H2,22,24,26). The maximum Gasteiger partial charge on any atom is 0.315 e. The van der Waals surface area contributed by atoms with E-state index in [4.69, 9.17) is 0 Å². The van der Waals surface area contributed by atoms with E-state index in [0.29, 0.717) is 6.54 Å². The molecule has 26 heavy (non-hydrogen) atoms. The maximum atomic E-state index is 12.4. The van der Waals surface area contributed by atoms with Crippen LogP contribution in [0.4, 0.5) is 10.5 Å². The highest BCUT2D eigenvalue weighted by Gasteiger charge is 2.51. The van der Waals surface area contributed by atoms with Crippen molar-refractivity contribution in [3.8, 4) is 0 Å². The average molecular weight is 467 g/mol. The van der Waals surface area contributed by atoms with Crippen LogP contribution in [0.25, 0.3) is 0 Å². The van der Waals surface area contributed by atoms with E-state index < -0.39 is 0 Å². The Labute approximate surface area is 168 Å². The van der Waals surface area contributed by atoms with Crippen molar-refractivity contribution in [1.29, 1.82) is 0 Å². The van der Waals surface area contributed by atoms with Gasteiger partial charge in [-0.15, -0.1) is 0 Å². The zero-order valence-electron chi connectivity index (χ0n) is 14.9. The normalized spacial score (nSPS) is 31.5. The predicted octanol–water partition coefficient (Wildman–Crippen LogP) is 3.89. The summed E-state index contributed by atoms with van der Waals surface area (Å²) < 4.78 is 1.08. The first-order valence-corrected chi connectivity index (χ1v) is 10.7. The minimum absolute atomic E-state index is 0.0157. The summed E-state index contributed by atoms with van der Waals surface area (Å²) in [4.78, 5) is 24.4. The zero-order chi connectivity index (χ0) is 18.1. The number of rotatable bonds is 5. The van der Waals surface area contributed by atoms with Gasteiger partial charge < -0.3 is 16.0 Å². The molecule has 4 aliphatic rings. The summed E-state index contributed by atoms with van der Waals surface area (Å²) in [7, 11) is 0. The summed E-state index contributed by atoms with van der Waals surface area (Å²) in [5, 5.41) is 9.01. The molecule has 4 saturated carbocycles. The van der Waals surface area contributed by atoms with E-state index in [9.17, 15) is 9.59 Å². The number of anilines is 1. The van der Waals surface area contributed by atoms with Crippen LogP contribution in [0.5, 0.6) is 0 Å². The van der Waals surface area contributed by atoms with Crippen molar-refractivity contribution in [2.24, 2.45) is 17.8 Å². The lowest BCUT2D eigenvalue weighted by atomic mass is 9.53. The number of amides is 3. The summed E-state index contributed by atoms with van der Waals surface area (Å²) in [6.07, 6.45) is 7.78. The van der Waals surface area contributed by atoms with Gasteiger partial charge in [0.1, 0.15) is 0 Å². The number of carbonyl (C=O) groups excluding carboxylic acids is 2. The first-order chi connectivity index (χ1) is 12.5. The van der Waals surface area contributed by atoms with E-state index in [1.165, 1.54) is 19.3 Å². The molecule has 4 fully saturated rings. The van der Waals surface area contributed by atoms with Crippen molar-refractivity contribution < 1.29 is 9.59 Å². The second kappa shape index (κ2) is 7.37. The van der Waals surface area contributed by atoms with E-state index in [1.807, 2.05) is 24.3 Å². The predicted molar refractivity (Wildman–Crippen MR) is 110 cm³/mol. The molecule has 0 radical (unpaired) electrons. The molecule has 140 valence electrons. The van der Waals surface area contributed by atoms with Gasteiger partial charge >= 0.3 is 6.03 Å². The SMILES string of the molecule is O=C(CCNC(=O)NC12CC3CC(CC(C3)C1)C2)Nc1cccc(I)c1. The van der Waals surface area contributed by atoms with E-state index in [-0.39, 0.29) is 23.9 Å². The Kier molecular flexibility index (Phi) is 5.12. The molecule has 0 aliphatic heterocycles. The molecule has 0 aromatic heterocycles. The Balaban J connectivity index is 1.21. The Hall–Kier alpha value is -1.31. The number of carbonyl (C=O) groups is 2. The number of benzene rings is 1. The summed E-state index contributed by atoms with van der Waals surface area (Å²) >= 11 is 2.21. The molecule has 3 amide bonds. The van der Waals surface area contributed by atoms with Crippen molar-refractivity contribution in [3.63, 3.8) is 0 Å². The van der Waals surface area contributed by atoms with Gasteiger partial charge in [-0.1, -0.05) is 6.07 Å². The molecule has 4 aliphatic carbocycles. The molecular weight excluding hydrogens is 441 g/mol. The van der Waals surface area contributed by atoms with Gasteiger partial charge in [-0.05, 0) is 97.1 Å². The summed E-state index contributed by atoms with van der Waals surface area (Å²) in [5.41, 5.74) is 0.807. The molecule has 5 rings (SSSR count). The molecule has 0 spiro atoms. The van der Waals surface area contributed by atoms with E-state index in [0.717, 1.165) is 46.3 Å². The van der Waals surface area contributed by atoms with E-state index in [1.54, 1.807) is 0 Å². The van der Waals surface area contributed by atoms with Crippen LogP contribution in [0.3, 0.4) is 0 Å². The van der Waals surface area contributed by atoms with E-state index in [2.05, 4.69) is 38.5 Å². The number of hydrogen-bond donors (Lipinski definition) is 3. The highest BCUT2D eigenvalue weighted by Crippen LogP contribution is 2.55. The van der Waals surface area contributed by atoms with Crippen LogP contribution in [-0.2, 0) is 4.79 Å². The first-order valence-electron chi connectivity index (χ1n) is 9.61. The van der Waals surface area contributed by atoms with Gasteiger partial charge in [-0.2, -0.15) is 0 Å². The minimum Gasteiger partial charge on any atom is -0.338 e. The molecule has 6 heteroatoms. The van der Waals surface area contributed by atoms with E-state index >= 15 is 0 Å². The average Bonchev–Trinajstić information content (AvgIpc) is 2.52. The Morgan fingerprint density at radius 3 is 2.35 bits per heavy atom. The lowest BCUT2D eigenvalue weighted by Crippen LogP contribution is -2.61. The van der Waals surface area contributed by atoms with Crippen molar-refractivity contribution >= 4 is 40.2 Å². The van der Waals surface area contributed by atoms with Crippen LogP contribution < -0.4 is 16.0 Å². The van der Waals surface area contributed by atoms with Gasteiger partial charge in [-0.25, -0.2) is 4.79 Å². The largest absolute Gasteiger partial charge is 0.338 e. The van der Waals surface area contributed by atoms with Crippen molar-refractivity contribution in [2.45, 2.75) is 50.5 Å². The number of hydrogen-bond acceptors (Lipinski definition) is 2. The van der Waals surface area contributed by atoms with Crippen LogP contribution >= 0.6 is 22.6 Å². The fourth-order valence-corrected chi connectivity index (χ4v) is 6.17. The molecule has 4 bridgehead atoms. The van der Waals surface area contributed by atoms with Crippen molar-refractivity contribution in [3.05, 3.63) is 27.8 Å². The lowest BCUT2D eigenvalue weighted by molar-refractivity contribution is -0.116. The number of urea groups is 1. The topological polar surface area (TPSA) is 70.2 Å². The smallest absolute Gasteiger partial charge is 0.315 e. The van der Waals surface area contributed by atoms with Gasteiger partial charge in [0.25, 0.3) is 0 Å². The van der Waals surface area contributed by atoms with Gasteiger partial charge in [0.2, 0.25) is 5.91 Å². The number of halogens is 1. The summed E-state index contributed by atoms with van der Waals surface area (Å²) in [6.45, 7) is 0.355. The molecule has 0 atom stereocenters. The Morgan fingerprint density at radius 1 is 1.08 bits per heavy atom. The van der Waals surface area contributed by atoms with Crippen LogP contribution in [0, 0.1) is 21.3 Å². The Bertz CT molecular complexity index is 671. The third-order valence-electron chi connectivity index (χ3n) is 6.16. The molecule has 1 aromatic carbocycles. The van der Waals surface area contributed by atoms with Gasteiger partial charge in [-0.3, -0.25) is 4.79 Å². The quantitative estimate of drug-likeness (QED) is 0.576.